The Kier molecular flexibility index (Phi) is 2.93. The number of nitrogens with zero attached hydrogens (tertiary/aromatic N) is 4. The first-order chi connectivity index (χ1) is 6.78. The highest BCUT2D eigenvalue weighted by Crippen LogP contribution is 2.10. The number of rotatable bonds is 3. The van der Waals surface area contributed by atoms with Crippen LogP contribution in [0.15, 0.2) is 12.5 Å². The van der Waals surface area contributed by atoms with Crippen molar-refractivity contribution in [1.29, 1.82) is 0 Å². The van der Waals surface area contributed by atoms with E-state index in [4.69, 9.17) is 0 Å². The molecule has 0 saturated heterocycles. The average Bonchev–Trinajstić information content (AvgIpc) is 2.76. The molecule has 0 bridgehead atoms. The molecule has 74 valence electrons. The second-order valence-corrected chi connectivity index (χ2v) is 4.71. The fourth-order valence-electron chi connectivity index (χ4n) is 1.12. The Hall–Kier alpha value is -0.750. The van der Waals surface area contributed by atoms with Crippen molar-refractivity contribution in [3.63, 3.8) is 0 Å². The van der Waals surface area contributed by atoms with Crippen LogP contribution in [0.4, 0.5) is 0 Å². The normalized spacial score (nSPS) is 10.7. The molecule has 2 aromatic rings. The Morgan fingerprint density at radius 3 is 2.93 bits per heavy atom. The van der Waals surface area contributed by atoms with Crippen LogP contribution in [0.3, 0.4) is 0 Å². The maximum absolute atomic E-state index is 4.21. The maximum atomic E-state index is 4.21. The third-order valence-electron chi connectivity index (χ3n) is 1.71. The van der Waals surface area contributed by atoms with Gasteiger partial charge in [0.05, 0.1) is 18.6 Å². The molecule has 0 atom stereocenters. The molecule has 0 aliphatic heterocycles. The van der Waals surface area contributed by atoms with Crippen LogP contribution in [-0.2, 0) is 11.9 Å². The molecular weight excluding hydrogens is 264 g/mol. The zero-order chi connectivity index (χ0) is 9.97. The second kappa shape index (κ2) is 4.18. The third-order valence-corrected chi connectivity index (χ3v) is 3.11. The minimum absolute atomic E-state index is 0.755. The van der Waals surface area contributed by atoms with Crippen LogP contribution in [0.1, 0.15) is 15.7 Å². The first kappa shape index (κ1) is 9.79. The zero-order valence-corrected chi connectivity index (χ0v) is 10.0. The van der Waals surface area contributed by atoms with Gasteiger partial charge in [-0.1, -0.05) is 27.3 Å². The Bertz CT molecular complexity index is 422. The topological polar surface area (TPSA) is 43.6 Å². The predicted molar refractivity (Wildman–Crippen MR) is 58.6 cm³/mol. The zero-order valence-electron chi connectivity index (χ0n) is 7.64. The molecule has 0 aliphatic rings. The highest BCUT2D eigenvalue weighted by atomic mass is 79.9. The van der Waals surface area contributed by atoms with Crippen LogP contribution in [-0.4, -0.2) is 19.7 Å². The van der Waals surface area contributed by atoms with Crippen LogP contribution in [0.2, 0.25) is 0 Å². The second-order valence-electron chi connectivity index (χ2n) is 2.89. The molecule has 0 N–H and O–H groups in total. The van der Waals surface area contributed by atoms with Crippen molar-refractivity contribution < 1.29 is 0 Å². The van der Waals surface area contributed by atoms with E-state index < -0.39 is 0 Å². The molecule has 6 heteroatoms. The number of aromatic nitrogens is 4. The fourth-order valence-corrected chi connectivity index (χ4v) is 2.13. The number of hydrogen-bond donors (Lipinski definition) is 0. The lowest BCUT2D eigenvalue weighted by atomic mass is 10.5. The molecule has 0 spiro atoms. The van der Waals surface area contributed by atoms with Gasteiger partial charge in [-0.15, -0.1) is 10.2 Å². The minimum atomic E-state index is 0.755. The standard InChI is InChI=1S/C8H9BrN4S/c1-6-11-12-8(14-6)4-13-3-7(2-9)10-5-13/h3,5H,2,4H2,1H3. The Morgan fingerprint density at radius 1 is 1.50 bits per heavy atom. The summed E-state index contributed by atoms with van der Waals surface area (Å²) in [4.78, 5) is 4.21. The monoisotopic (exact) mass is 272 g/mol. The van der Waals surface area contributed by atoms with E-state index in [1.807, 2.05) is 24.0 Å². The quantitative estimate of drug-likeness (QED) is 0.803. The van der Waals surface area contributed by atoms with Crippen molar-refractivity contribution in [3.05, 3.63) is 28.2 Å². The lowest BCUT2D eigenvalue weighted by Gasteiger charge is -1.94. The molecule has 0 fully saturated rings. The molecule has 4 nitrogen and oxygen atoms in total. The molecular formula is C8H9BrN4S. The Morgan fingerprint density at radius 2 is 2.36 bits per heavy atom. The summed E-state index contributed by atoms with van der Waals surface area (Å²) < 4.78 is 2.01. The van der Waals surface area contributed by atoms with Gasteiger partial charge in [-0.2, -0.15) is 0 Å². The minimum Gasteiger partial charge on any atom is -0.330 e. The van der Waals surface area contributed by atoms with E-state index in [0.717, 1.165) is 27.6 Å². The van der Waals surface area contributed by atoms with Gasteiger partial charge < -0.3 is 4.57 Å². The lowest BCUT2D eigenvalue weighted by Crippen LogP contribution is -1.95. The predicted octanol–water partition coefficient (Wildman–Crippen LogP) is 1.99. The van der Waals surface area contributed by atoms with Crippen molar-refractivity contribution >= 4 is 27.3 Å². The van der Waals surface area contributed by atoms with Crippen LogP contribution in [0, 0.1) is 6.92 Å². The number of imidazole rings is 1. The molecule has 0 unspecified atom stereocenters. The third kappa shape index (κ3) is 2.19. The fraction of sp³-hybridized carbons (Fsp3) is 0.375. The number of aryl methyl sites for hydroxylation is 1. The van der Waals surface area contributed by atoms with Crippen molar-refractivity contribution in [2.24, 2.45) is 0 Å². The molecule has 0 amide bonds. The van der Waals surface area contributed by atoms with Gasteiger partial charge in [0, 0.05) is 11.5 Å². The molecule has 0 aliphatic carbocycles. The summed E-state index contributed by atoms with van der Waals surface area (Å²) in [6.07, 6.45) is 3.82. The van der Waals surface area contributed by atoms with E-state index in [9.17, 15) is 0 Å². The van der Waals surface area contributed by atoms with Crippen molar-refractivity contribution in [3.8, 4) is 0 Å². The number of halogens is 1. The highest BCUT2D eigenvalue weighted by Gasteiger charge is 2.02. The summed E-state index contributed by atoms with van der Waals surface area (Å²) in [5.74, 6) is 0. The molecule has 14 heavy (non-hydrogen) atoms. The number of alkyl halides is 1. The summed E-state index contributed by atoms with van der Waals surface area (Å²) in [5.41, 5.74) is 1.03. The van der Waals surface area contributed by atoms with Crippen molar-refractivity contribution in [2.45, 2.75) is 18.8 Å². The molecule has 0 aromatic carbocycles. The van der Waals surface area contributed by atoms with E-state index in [1.54, 1.807) is 11.3 Å². The van der Waals surface area contributed by atoms with Gasteiger partial charge in [-0.25, -0.2) is 4.98 Å². The first-order valence-electron chi connectivity index (χ1n) is 4.13. The largest absolute Gasteiger partial charge is 0.330 e. The van der Waals surface area contributed by atoms with Gasteiger partial charge in [-0.05, 0) is 6.92 Å². The van der Waals surface area contributed by atoms with E-state index in [0.29, 0.717) is 0 Å². The maximum Gasteiger partial charge on any atom is 0.137 e. The summed E-state index contributed by atoms with van der Waals surface area (Å²) in [6.45, 7) is 2.71. The van der Waals surface area contributed by atoms with Gasteiger partial charge >= 0.3 is 0 Å². The highest BCUT2D eigenvalue weighted by molar-refractivity contribution is 9.08. The smallest absolute Gasteiger partial charge is 0.137 e. The summed E-state index contributed by atoms with van der Waals surface area (Å²) in [6, 6.07) is 0. The summed E-state index contributed by atoms with van der Waals surface area (Å²) in [5, 5.41) is 10.8. The Balaban J connectivity index is 2.10. The molecule has 2 rings (SSSR count). The average molecular weight is 273 g/mol. The van der Waals surface area contributed by atoms with E-state index in [1.165, 1.54) is 0 Å². The van der Waals surface area contributed by atoms with Crippen LogP contribution in [0.5, 0.6) is 0 Å². The lowest BCUT2D eigenvalue weighted by molar-refractivity contribution is 0.775. The molecule has 0 saturated carbocycles. The van der Waals surface area contributed by atoms with Gasteiger partial charge in [-0.3, -0.25) is 0 Å². The summed E-state index contributed by atoms with van der Waals surface area (Å²) in [7, 11) is 0. The van der Waals surface area contributed by atoms with Crippen molar-refractivity contribution in [1.82, 2.24) is 19.7 Å². The molecule has 2 heterocycles. The van der Waals surface area contributed by atoms with Crippen LogP contribution < -0.4 is 0 Å². The summed E-state index contributed by atoms with van der Waals surface area (Å²) >= 11 is 4.98. The van der Waals surface area contributed by atoms with Crippen LogP contribution in [0.25, 0.3) is 0 Å². The van der Waals surface area contributed by atoms with E-state index >= 15 is 0 Å². The molecule has 0 radical (unpaired) electrons. The SMILES string of the molecule is Cc1nnc(Cn2cnc(CBr)c2)s1. The van der Waals surface area contributed by atoms with Crippen molar-refractivity contribution in [2.75, 3.05) is 0 Å². The Labute approximate surface area is 94.1 Å². The molecule has 2 aromatic heterocycles. The van der Waals surface area contributed by atoms with Gasteiger partial charge in [0.2, 0.25) is 0 Å². The van der Waals surface area contributed by atoms with E-state index in [2.05, 4.69) is 31.1 Å². The van der Waals surface area contributed by atoms with Gasteiger partial charge in [0.15, 0.2) is 0 Å². The number of hydrogen-bond acceptors (Lipinski definition) is 4. The van der Waals surface area contributed by atoms with Crippen LogP contribution >= 0.6 is 27.3 Å². The first-order valence-corrected chi connectivity index (χ1v) is 6.07. The van der Waals surface area contributed by atoms with Gasteiger partial charge in [0.1, 0.15) is 10.0 Å². The van der Waals surface area contributed by atoms with E-state index in [-0.39, 0.29) is 0 Å². The van der Waals surface area contributed by atoms with Gasteiger partial charge in [0.25, 0.3) is 0 Å².